The summed E-state index contributed by atoms with van der Waals surface area (Å²) in [6.45, 7) is 4.75. The summed E-state index contributed by atoms with van der Waals surface area (Å²) in [6.07, 6.45) is 1.55. The molecule has 0 bridgehead atoms. The number of nitrogens with zero attached hydrogens (tertiary/aromatic N) is 4. The summed E-state index contributed by atoms with van der Waals surface area (Å²) >= 11 is 1.62. The second-order valence-corrected chi connectivity index (χ2v) is 11.3. The van der Waals surface area contributed by atoms with E-state index in [1.54, 1.807) is 23.5 Å². The van der Waals surface area contributed by atoms with Crippen LogP contribution < -0.4 is 0 Å². The lowest BCUT2D eigenvalue weighted by Crippen LogP contribution is -2.39. The van der Waals surface area contributed by atoms with E-state index in [0.29, 0.717) is 29.7 Å². The third-order valence-corrected chi connectivity index (χ3v) is 8.54. The average molecular weight is 481 g/mol. The molecule has 2 aromatic carbocycles. The molecule has 1 aliphatic heterocycles. The van der Waals surface area contributed by atoms with Gasteiger partial charge in [-0.05, 0) is 38.8 Å². The second kappa shape index (κ2) is 8.81. The predicted octanol–water partition coefficient (Wildman–Crippen LogP) is 5.05. The van der Waals surface area contributed by atoms with Crippen LogP contribution in [0.25, 0.3) is 22.6 Å². The Kier molecular flexibility index (Phi) is 5.86. The van der Waals surface area contributed by atoms with Gasteiger partial charge in [-0.2, -0.15) is 9.29 Å². The van der Waals surface area contributed by atoms with Crippen LogP contribution in [0.15, 0.2) is 63.3 Å². The fraction of sp³-hybridized carbons (Fsp3) is 0.292. The van der Waals surface area contributed by atoms with Crippen molar-refractivity contribution in [2.45, 2.75) is 37.5 Å². The Bertz CT molecular complexity index is 1360. The van der Waals surface area contributed by atoms with Crippen molar-refractivity contribution in [2.24, 2.45) is 0 Å². The summed E-state index contributed by atoms with van der Waals surface area (Å²) in [5, 5.41) is 7.22. The smallest absolute Gasteiger partial charge is 0.243 e. The first-order valence-electron chi connectivity index (χ1n) is 10.8. The number of aryl methyl sites for hydroxylation is 2. The minimum atomic E-state index is -3.56. The first-order valence-corrected chi connectivity index (χ1v) is 13.2. The molecular weight excluding hydrogens is 456 g/mol. The van der Waals surface area contributed by atoms with E-state index >= 15 is 0 Å². The SMILES string of the molecule is Cc1ccc(S(=O)(=O)N2CCC[C@@H](c3nc(-c4ccc(-c5csc(C)n5)cc4)no3)C2)cc1. The maximum absolute atomic E-state index is 13.1. The van der Waals surface area contributed by atoms with E-state index in [9.17, 15) is 8.42 Å². The monoisotopic (exact) mass is 480 g/mol. The van der Waals surface area contributed by atoms with E-state index in [2.05, 4.69) is 15.1 Å². The van der Waals surface area contributed by atoms with Crippen molar-refractivity contribution >= 4 is 21.4 Å². The number of rotatable bonds is 5. The van der Waals surface area contributed by atoms with Gasteiger partial charge in [-0.1, -0.05) is 47.1 Å². The minimum Gasteiger partial charge on any atom is -0.339 e. The van der Waals surface area contributed by atoms with Crippen LogP contribution in [0.1, 0.15) is 35.2 Å². The molecule has 0 N–H and O–H groups in total. The molecule has 2 aromatic heterocycles. The van der Waals surface area contributed by atoms with Gasteiger partial charge >= 0.3 is 0 Å². The van der Waals surface area contributed by atoms with E-state index in [1.165, 1.54) is 4.31 Å². The summed E-state index contributed by atoms with van der Waals surface area (Å²) in [5.41, 5.74) is 3.87. The van der Waals surface area contributed by atoms with Crippen molar-refractivity contribution in [3.8, 4) is 22.6 Å². The van der Waals surface area contributed by atoms with Gasteiger partial charge < -0.3 is 4.52 Å². The van der Waals surface area contributed by atoms with Crippen molar-refractivity contribution in [1.82, 2.24) is 19.4 Å². The second-order valence-electron chi connectivity index (χ2n) is 8.30. The number of hydrogen-bond donors (Lipinski definition) is 0. The summed E-state index contributed by atoms with van der Waals surface area (Å²) in [7, 11) is -3.56. The van der Waals surface area contributed by atoms with E-state index in [4.69, 9.17) is 4.52 Å². The van der Waals surface area contributed by atoms with Gasteiger partial charge in [0.05, 0.1) is 21.5 Å². The standard InChI is InChI=1S/C24H24N4O3S2/c1-16-5-11-21(12-6-16)33(29,30)28-13-3-4-20(14-28)24-26-23(27-31-24)19-9-7-18(8-10-19)22-15-32-17(2)25-22/h5-12,15,20H,3-4,13-14H2,1-2H3/t20-/m1/s1. The molecule has 170 valence electrons. The number of piperidine rings is 1. The van der Waals surface area contributed by atoms with Crippen LogP contribution in [-0.4, -0.2) is 40.9 Å². The number of aromatic nitrogens is 3. The molecule has 5 rings (SSSR count). The zero-order chi connectivity index (χ0) is 23.0. The molecule has 9 heteroatoms. The Balaban J connectivity index is 1.32. The van der Waals surface area contributed by atoms with Crippen molar-refractivity contribution in [2.75, 3.05) is 13.1 Å². The molecule has 4 aromatic rings. The van der Waals surface area contributed by atoms with Gasteiger partial charge in [-0.25, -0.2) is 13.4 Å². The molecule has 0 unspecified atom stereocenters. The number of thiazole rings is 1. The topological polar surface area (TPSA) is 89.2 Å². The van der Waals surface area contributed by atoms with Gasteiger partial charge in [-0.15, -0.1) is 11.3 Å². The summed E-state index contributed by atoms with van der Waals surface area (Å²) in [5.74, 6) is 0.856. The van der Waals surface area contributed by atoms with Gasteiger partial charge in [-0.3, -0.25) is 0 Å². The molecule has 0 saturated carbocycles. The average Bonchev–Trinajstić information content (AvgIpc) is 3.49. The van der Waals surface area contributed by atoms with Crippen LogP contribution >= 0.6 is 11.3 Å². The Morgan fingerprint density at radius 2 is 1.73 bits per heavy atom. The molecular formula is C24H24N4O3S2. The van der Waals surface area contributed by atoms with Crippen LogP contribution in [0.5, 0.6) is 0 Å². The highest BCUT2D eigenvalue weighted by atomic mass is 32.2. The maximum atomic E-state index is 13.1. The van der Waals surface area contributed by atoms with Gasteiger partial charge in [0, 0.05) is 29.6 Å². The van der Waals surface area contributed by atoms with Crippen LogP contribution in [0.3, 0.4) is 0 Å². The molecule has 1 fully saturated rings. The third-order valence-electron chi connectivity index (χ3n) is 5.89. The van der Waals surface area contributed by atoms with Gasteiger partial charge in [0.15, 0.2) is 0 Å². The predicted molar refractivity (Wildman–Crippen MR) is 127 cm³/mol. The molecule has 0 spiro atoms. The molecule has 1 saturated heterocycles. The van der Waals surface area contributed by atoms with E-state index in [0.717, 1.165) is 40.2 Å². The molecule has 7 nitrogen and oxygen atoms in total. The minimum absolute atomic E-state index is 0.127. The summed E-state index contributed by atoms with van der Waals surface area (Å²) in [4.78, 5) is 9.43. The Hall–Kier alpha value is -2.88. The highest BCUT2D eigenvalue weighted by molar-refractivity contribution is 7.89. The lowest BCUT2D eigenvalue weighted by Gasteiger charge is -2.30. The molecule has 3 heterocycles. The van der Waals surface area contributed by atoms with Crippen molar-refractivity contribution in [3.63, 3.8) is 0 Å². The fourth-order valence-corrected chi connectivity index (χ4v) is 6.17. The number of benzene rings is 2. The molecule has 0 amide bonds. The molecule has 1 atom stereocenters. The lowest BCUT2D eigenvalue weighted by atomic mass is 10.00. The quantitative estimate of drug-likeness (QED) is 0.397. The zero-order valence-electron chi connectivity index (χ0n) is 18.4. The normalized spacial score (nSPS) is 17.3. The largest absolute Gasteiger partial charge is 0.339 e. The van der Waals surface area contributed by atoms with Crippen molar-refractivity contribution < 1.29 is 12.9 Å². The Morgan fingerprint density at radius 1 is 1.00 bits per heavy atom. The zero-order valence-corrected chi connectivity index (χ0v) is 20.1. The maximum Gasteiger partial charge on any atom is 0.243 e. The highest BCUT2D eigenvalue weighted by Gasteiger charge is 2.33. The van der Waals surface area contributed by atoms with E-state index in [1.807, 2.05) is 55.6 Å². The first kappa shape index (κ1) is 21.9. The molecule has 0 aliphatic carbocycles. The molecule has 0 radical (unpaired) electrons. The highest BCUT2D eigenvalue weighted by Crippen LogP contribution is 2.31. The number of hydrogen-bond acceptors (Lipinski definition) is 7. The first-order chi connectivity index (χ1) is 15.9. The van der Waals surface area contributed by atoms with Crippen LogP contribution in [0.4, 0.5) is 0 Å². The van der Waals surface area contributed by atoms with E-state index < -0.39 is 10.0 Å². The summed E-state index contributed by atoms with van der Waals surface area (Å²) in [6, 6.07) is 14.9. The third kappa shape index (κ3) is 4.48. The van der Waals surface area contributed by atoms with Gasteiger partial charge in [0.2, 0.25) is 21.7 Å². The Labute approximate surface area is 197 Å². The van der Waals surface area contributed by atoms with Crippen LogP contribution in [0.2, 0.25) is 0 Å². The van der Waals surface area contributed by atoms with Crippen LogP contribution in [0, 0.1) is 13.8 Å². The number of sulfonamides is 1. The van der Waals surface area contributed by atoms with Crippen LogP contribution in [-0.2, 0) is 10.0 Å². The van der Waals surface area contributed by atoms with Gasteiger partial charge in [0.1, 0.15) is 0 Å². The molecule has 33 heavy (non-hydrogen) atoms. The van der Waals surface area contributed by atoms with Crippen molar-refractivity contribution in [3.05, 3.63) is 70.4 Å². The molecule has 1 aliphatic rings. The lowest BCUT2D eigenvalue weighted by molar-refractivity contribution is 0.265. The summed E-state index contributed by atoms with van der Waals surface area (Å²) < 4.78 is 33.3. The Morgan fingerprint density at radius 3 is 2.42 bits per heavy atom. The van der Waals surface area contributed by atoms with Crippen molar-refractivity contribution in [1.29, 1.82) is 0 Å². The van der Waals surface area contributed by atoms with Gasteiger partial charge in [0.25, 0.3) is 0 Å². The van der Waals surface area contributed by atoms with E-state index in [-0.39, 0.29) is 5.92 Å². The fourth-order valence-electron chi connectivity index (χ4n) is 4.03.